The molecule has 0 atom stereocenters. The van der Waals surface area contributed by atoms with Crippen molar-refractivity contribution >= 4 is 28.9 Å². The number of nitrogens with one attached hydrogen (secondary N) is 3. The Labute approximate surface area is 174 Å². The predicted octanol–water partition coefficient (Wildman–Crippen LogP) is 6.26. The fourth-order valence-corrected chi connectivity index (χ4v) is 2.74. The van der Waals surface area contributed by atoms with Gasteiger partial charge in [0.05, 0.1) is 11.9 Å². The van der Waals surface area contributed by atoms with Crippen LogP contribution >= 0.6 is 0 Å². The summed E-state index contributed by atoms with van der Waals surface area (Å²) >= 11 is 0. The molecular formula is C24H20N4O2. The number of carbonyl (C=O) groups excluding carboxylic acids is 1. The summed E-state index contributed by atoms with van der Waals surface area (Å²) in [4.78, 5) is 16.4. The first-order chi connectivity index (χ1) is 14.7. The maximum Gasteiger partial charge on any atom is 0.323 e. The van der Waals surface area contributed by atoms with Crippen molar-refractivity contribution < 1.29 is 9.53 Å². The second kappa shape index (κ2) is 9.25. The molecule has 1 heterocycles. The van der Waals surface area contributed by atoms with Crippen molar-refractivity contribution in [3.05, 3.63) is 103 Å². The van der Waals surface area contributed by atoms with E-state index < -0.39 is 0 Å². The summed E-state index contributed by atoms with van der Waals surface area (Å²) in [6.45, 7) is 0. The summed E-state index contributed by atoms with van der Waals surface area (Å²) in [6, 6.07) is 29.7. The van der Waals surface area contributed by atoms with Crippen LogP contribution in [0.4, 0.5) is 27.7 Å². The zero-order valence-corrected chi connectivity index (χ0v) is 16.1. The van der Waals surface area contributed by atoms with Crippen LogP contribution in [0.15, 0.2) is 103 Å². The molecule has 0 radical (unpaired) electrons. The molecule has 2 amide bonds. The summed E-state index contributed by atoms with van der Waals surface area (Å²) in [5.74, 6) is 2.21. The quantitative estimate of drug-likeness (QED) is 0.359. The SMILES string of the molecule is O=C(Nc1ccccc1)Nc1ccc(Nc2ccc(Oc3ccccc3)cc2)nc1. The summed E-state index contributed by atoms with van der Waals surface area (Å²) in [5.41, 5.74) is 2.20. The number of hydrogen-bond donors (Lipinski definition) is 3. The van der Waals surface area contributed by atoms with Crippen molar-refractivity contribution in [1.82, 2.24) is 4.98 Å². The van der Waals surface area contributed by atoms with E-state index in [-0.39, 0.29) is 6.03 Å². The summed E-state index contributed by atoms with van der Waals surface area (Å²) < 4.78 is 5.79. The van der Waals surface area contributed by atoms with Gasteiger partial charge in [-0.2, -0.15) is 0 Å². The van der Waals surface area contributed by atoms with Crippen LogP contribution in [0.25, 0.3) is 0 Å². The van der Waals surface area contributed by atoms with Gasteiger partial charge >= 0.3 is 6.03 Å². The second-order valence-electron chi connectivity index (χ2n) is 6.44. The van der Waals surface area contributed by atoms with Crippen LogP contribution < -0.4 is 20.7 Å². The van der Waals surface area contributed by atoms with E-state index in [1.807, 2.05) is 84.9 Å². The van der Waals surface area contributed by atoms with E-state index in [4.69, 9.17) is 4.74 Å². The van der Waals surface area contributed by atoms with Crippen LogP contribution in [0, 0.1) is 0 Å². The third-order valence-electron chi connectivity index (χ3n) is 4.16. The molecule has 0 unspecified atom stereocenters. The molecule has 6 heteroatoms. The largest absolute Gasteiger partial charge is 0.457 e. The van der Waals surface area contributed by atoms with Crippen LogP contribution in [0.5, 0.6) is 11.5 Å². The fraction of sp³-hybridized carbons (Fsp3) is 0. The van der Waals surface area contributed by atoms with Crippen molar-refractivity contribution in [1.29, 1.82) is 0 Å². The Hall–Kier alpha value is -4.32. The van der Waals surface area contributed by atoms with E-state index in [1.165, 1.54) is 0 Å². The number of hydrogen-bond acceptors (Lipinski definition) is 4. The molecule has 3 aromatic carbocycles. The summed E-state index contributed by atoms with van der Waals surface area (Å²) in [5, 5.41) is 8.74. The van der Waals surface area contributed by atoms with Crippen LogP contribution in [0.3, 0.4) is 0 Å². The van der Waals surface area contributed by atoms with E-state index in [2.05, 4.69) is 20.9 Å². The molecule has 4 aromatic rings. The van der Waals surface area contributed by atoms with Gasteiger partial charge in [-0.05, 0) is 60.7 Å². The second-order valence-corrected chi connectivity index (χ2v) is 6.44. The minimum Gasteiger partial charge on any atom is -0.457 e. The number of amides is 2. The maximum absolute atomic E-state index is 12.0. The first-order valence-corrected chi connectivity index (χ1v) is 9.44. The topological polar surface area (TPSA) is 75.3 Å². The lowest BCUT2D eigenvalue weighted by molar-refractivity contribution is 0.262. The van der Waals surface area contributed by atoms with Gasteiger partial charge in [0, 0.05) is 11.4 Å². The molecule has 0 saturated carbocycles. The van der Waals surface area contributed by atoms with E-state index in [0.717, 1.165) is 22.9 Å². The first-order valence-electron chi connectivity index (χ1n) is 9.44. The molecule has 0 aliphatic heterocycles. The van der Waals surface area contributed by atoms with Crippen molar-refractivity contribution in [2.24, 2.45) is 0 Å². The summed E-state index contributed by atoms with van der Waals surface area (Å²) in [7, 11) is 0. The zero-order valence-electron chi connectivity index (χ0n) is 16.1. The molecule has 1 aromatic heterocycles. The Morgan fingerprint density at radius 3 is 1.90 bits per heavy atom. The molecule has 0 spiro atoms. The smallest absolute Gasteiger partial charge is 0.323 e. The highest BCUT2D eigenvalue weighted by atomic mass is 16.5. The fourth-order valence-electron chi connectivity index (χ4n) is 2.74. The normalized spacial score (nSPS) is 10.1. The molecule has 3 N–H and O–H groups in total. The van der Waals surface area contributed by atoms with Crippen molar-refractivity contribution in [3.63, 3.8) is 0 Å². The number of rotatable bonds is 6. The van der Waals surface area contributed by atoms with E-state index in [0.29, 0.717) is 11.5 Å². The van der Waals surface area contributed by atoms with Gasteiger partial charge in [-0.1, -0.05) is 36.4 Å². The van der Waals surface area contributed by atoms with Gasteiger partial charge in [0.15, 0.2) is 0 Å². The molecule has 0 aliphatic rings. The van der Waals surface area contributed by atoms with Crippen LogP contribution in [-0.4, -0.2) is 11.0 Å². The number of carbonyl (C=O) groups is 1. The highest BCUT2D eigenvalue weighted by Gasteiger charge is 2.04. The molecule has 0 bridgehead atoms. The van der Waals surface area contributed by atoms with Gasteiger partial charge in [-0.15, -0.1) is 0 Å². The number of para-hydroxylation sites is 2. The van der Waals surface area contributed by atoms with E-state index in [9.17, 15) is 4.79 Å². The number of nitrogens with zero attached hydrogens (tertiary/aromatic N) is 1. The lowest BCUT2D eigenvalue weighted by Gasteiger charge is -2.10. The van der Waals surface area contributed by atoms with Crippen molar-refractivity contribution in [3.8, 4) is 11.5 Å². The van der Waals surface area contributed by atoms with Crippen molar-refractivity contribution in [2.45, 2.75) is 0 Å². The van der Waals surface area contributed by atoms with Crippen LogP contribution in [0.1, 0.15) is 0 Å². The Bertz CT molecular complexity index is 1080. The molecule has 0 saturated heterocycles. The van der Waals surface area contributed by atoms with Crippen LogP contribution in [0.2, 0.25) is 0 Å². The number of ether oxygens (including phenoxy) is 1. The average Bonchev–Trinajstić information content (AvgIpc) is 2.78. The minimum atomic E-state index is -0.322. The van der Waals surface area contributed by atoms with E-state index in [1.54, 1.807) is 18.3 Å². The molecule has 148 valence electrons. The lowest BCUT2D eigenvalue weighted by atomic mass is 10.3. The lowest BCUT2D eigenvalue weighted by Crippen LogP contribution is -2.19. The summed E-state index contributed by atoms with van der Waals surface area (Å²) in [6.07, 6.45) is 1.60. The number of pyridine rings is 1. The number of aromatic nitrogens is 1. The third kappa shape index (κ3) is 5.36. The average molecular weight is 396 g/mol. The Kier molecular flexibility index (Phi) is 5.86. The number of urea groups is 1. The van der Waals surface area contributed by atoms with Gasteiger partial charge in [-0.3, -0.25) is 0 Å². The van der Waals surface area contributed by atoms with E-state index >= 15 is 0 Å². The highest BCUT2D eigenvalue weighted by Crippen LogP contribution is 2.24. The molecule has 6 nitrogen and oxygen atoms in total. The Balaban J connectivity index is 1.31. The number of anilines is 4. The molecular weight excluding hydrogens is 376 g/mol. The molecule has 30 heavy (non-hydrogen) atoms. The monoisotopic (exact) mass is 396 g/mol. The highest BCUT2D eigenvalue weighted by molar-refractivity contribution is 5.99. The Morgan fingerprint density at radius 2 is 1.23 bits per heavy atom. The van der Waals surface area contributed by atoms with Gasteiger partial charge in [0.25, 0.3) is 0 Å². The van der Waals surface area contributed by atoms with Crippen molar-refractivity contribution in [2.75, 3.05) is 16.0 Å². The number of benzene rings is 3. The van der Waals surface area contributed by atoms with Gasteiger partial charge in [0.2, 0.25) is 0 Å². The third-order valence-corrected chi connectivity index (χ3v) is 4.16. The zero-order chi connectivity index (χ0) is 20.6. The predicted molar refractivity (Wildman–Crippen MR) is 120 cm³/mol. The molecule has 4 rings (SSSR count). The maximum atomic E-state index is 12.0. The molecule has 0 fully saturated rings. The van der Waals surface area contributed by atoms with Gasteiger partial charge in [0.1, 0.15) is 17.3 Å². The van der Waals surface area contributed by atoms with Gasteiger partial charge in [-0.25, -0.2) is 9.78 Å². The molecule has 0 aliphatic carbocycles. The van der Waals surface area contributed by atoms with Crippen LogP contribution in [-0.2, 0) is 0 Å². The minimum absolute atomic E-state index is 0.322. The first kappa shape index (κ1) is 19.0. The Morgan fingerprint density at radius 1 is 0.633 bits per heavy atom. The van der Waals surface area contributed by atoms with Gasteiger partial charge < -0.3 is 20.7 Å². The standard InChI is InChI=1S/C24H20N4O2/c29-24(27-18-7-3-1-4-8-18)28-20-13-16-23(25-17-20)26-19-11-14-22(15-12-19)30-21-9-5-2-6-10-21/h1-17H,(H,25,26)(H2,27,28,29).